The van der Waals surface area contributed by atoms with Gasteiger partial charge in [-0.15, -0.1) is 0 Å². The number of pyridine rings is 1. The fraction of sp³-hybridized carbons (Fsp3) is 0.357. The third-order valence-electron chi connectivity index (χ3n) is 3.33. The van der Waals surface area contributed by atoms with Gasteiger partial charge >= 0.3 is 5.97 Å². The van der Waals surface area contributed by atoms with Crippen molar-refractivity contribution in [3.05, 3.63) is 35.7 Å². The number of carbonyl (C=O) groups is 1. The van der Waals surface area contributed by atoms with Crippen LogP contribution in [0.15, 0.2) is 24.4 Å². The van der Waals surface area contributed by atoms with E-state index in [0.717, 1.165) is 18.4 Å². The summed E-state index contributed by atoms with van der Waals surface area (Å²) in [5.41, 5.74) is 3.78. The first-order chi connectivity index (χ1) is 8.25. The summed E-state index contributed by atoms with van der Waals surface area (Å²) in [5.74, 6) is 0.395. The summed E-state index contributed by atoms with van der Waals surface area (Å²) in [7, 11) is 0. The monoisotopic (exact) mass is 229 g/mol. The van der Waals surface area contributed by atoms with E-state index in [1.165, 1.54) is 31.0 Å². The number of ether oxygens (including phenoxy) is 1. The average molecular weight is 229 g/mol. The number of hydrogen-bond acceptors (Lipinski definition) is 2. The lowest BCUT2D eigenvalue weighted by Crippen LogP contribution is -2.04. The predicted octanol–water partition coefficient (Wildman–Crippen LogP) is 2.74. The summed E-state index contributed by atoms with van der Waals surface area (Å²) >= 11 is 0. The molecular weight excluding hydrogens is 214 g/mol. The second kappa shape index (κ2) is 3.91. The average Bonchev–Trinajstić information content (AvgIpc) is 2.68. The Morgan fingerprint density at radius 3 is 3.00 bits per heavy atom. The first-order valence-electron chi connectivity index (χ1n) is 6.06. The second-order valence-electron chi connectivity index (χ2n) is 4.54. The molecule has 0 aliphatic heterocycles. The fourth-order valence-corrected chi connectivity index (χ4v) is 2.63. The molecule has 88 valence electrons. The van der Waals surface area contributed by atoms with Crippen LogP contribution in [-0.2, 0) is 17.6 Å². The van der Waals surface area contributed by atoms with E-state index in [2.05, 4.69) is 10.5 Å². The summed E-state index contributed by atoms with van der Waals surface area (Å²) in [6.45, 7) is 1.44. The number of fused-ring (bicyclic) bond motifs is 3. The summed E-state index contributed by atoms with van der Waals surface area (Å²) in [6, 6.07) is 5.94. The molecule has 0 N–H and O–H groups in total. The molecular formula is C14H15NO2. The Labute approximate surface area is 100 Å². The third-order valence-corrected chi connectivity index (χ3v) is 3.33. The Balaban J connectivity index is 2.19. The van der Waals surface area contributed by atoms with E-state index in [1.807, 2.05) is 18.3 Å². The van der Waals surface area contributed by atoms with Crippen LogP contribution in [0, 0.1) is 0 Å². The van der Waals surface area contributed by atoms with Crippen LogP contribution in [0.3, 0.4) is 0 Å². The maximum atomic E-state index is 11.1. The quantitative estimate of drug-likeness (QED) is 0.704. The van der Waals surface area contributed by atoms with E-state index in [1.54, 1.807) is 0 Å². The highest BCUT2D eigenvalue weighted by Gasteiger charge is 2.16. The minimum Gasteiger partial charge on any atom is -0.424 e. The molecule has 1 aliphatic rings. The van der Waals surface area contributed by atoms with Gasteiger partial charge in [0.25, 0.3) is 0 Å². The summed E-state index contributed by atoms with van der Waals surface area (Å²) in [5, 5.41) is 0. The summed E-state index contributed by atoms with van der Waals surface area (Å²) in [6.07, 6.45) is 6.81. The smallest absolute Gasteiger partial charge is 0.308 e. The molecule has 3 heteroatoms. The van der Waals surface area contributed by atoms with Gasteiger partial charge in [0.15, 0.2) is 5.75 Å². The number of aromatic nitrogens is 1. The van der Waals surface area contributed by atoms with Crippen molar-refractivity contribution in [2.75, 3.05) is 0 Å². The molecule has 17 heavy (non-hydrogen) atoms. The van der Waals surface area contributed by atoms with Crippen molar-refractivity contribution in [2.24, 2.45) is 0 Å². The molecule has 0 bridgehead atoms. The van der Waals surface area contributed by atoms with Crippen molar-refractivity contribution >= 4 is 11.5 Å². The maximum Gasteiger partial charge on any atom is 0.308 e. The van der Waals surface area contributed by atoms with Gasteiger partial charge in [0.1, 0.15) is 0 Å². The Kier molecular flexibility index (Phi) is 2.39. The van der Waals surface area contributed by atoms with E-state index in [9.17, 15) is 4.79 Å². The van der Waals surface area contributed by atoms with Gasteiger partial charge in [-0.1, -0.05) is 0 Å². The van der Waals surface area contributed by atoms with E-state index in [-0.39, 0.29) is 5.97 Å². The molecule has 0 amide bonds. The molecule has 3 rings (SSSR count). The number of esters is 1. The molecule has 2 aromatic rings. The largest absolute Gasteiger partial charge is 0.424 e. The summed E-state index contributed by atoms with van der Waals surface area (Å²) in [4.78, 5) is 11.1. The van der Waals surface area contributed by atoms with Gasteiger partial charge in [-0.25, -0.2) is 0 Å². The van der Waals surface area contributed by atoms with Crippen molar-refractivity contribution < 1.29 is 9.53 Å². The summed E-state index contributed by atoms with van der Waals surface area (Å²) < 4.78 is 7.40. The maximum absolute atomic E-state index is 11.1. The normalized spacial score (nSPS) is 14.6. The van der Waals surface area contributed by atoms with E-state index in [4.69, 9.17) is 4.74 Å². The van der Waals surface area contributed by atoms with Crippen molar-refractivity contribution in [1.82, 2.24) is 4.40 Å². The van der Waals surface area contributed by atoms with E-state index < -0.39 is 0 Å². The molecule has 0 aromatic carbocycles. The molecule has 0 saturated heterocycles. The van der Waals surface area contributed by atoms with Crippen LogP contribution < -0.4 is 4.74 Å². The number of aryl methyl sites for hydroxylation is 2. The van der Waals surface area contributed by atoms with Crippen LogP contribution in [0.1, 0.15) is 31.0 Å². The van der Waals surface area contributed by atoms with E-state index in [0.29, 0.717) is 5.75 Å². The molecule has 1 aliphatic carbocycles. The van der Waals surface area contributed by atoms with Gasteiger partial charge in [0.05, 0.1) is 5.52 Å². The Hall–Kier alpha value is -1.77. The zero-order valence-electron chi connectivity index (χ0n) is 9.90. The van der Waals surface area contributed by atoms with Crippen LogP contribution in [0.4, 0.5) is 0 Å². The van der Waals surface area contributed by atoms with Crippen LogP contribution in [0.2, 0.25) is 0 Å². The SMILES string of the molecule is CC(=O)Oc1cccn2c3c(cc12)CCCC3. The fourth-order valence-electron chi connectivity index (χ4n) is 2.63. The zero-order chi connectivity index (χ0) is 11.8. The Bertz CT molecular complexity index is 583. The molecule has 2 aromatic heterocycles. The second-order valence-corrected chi connectivity index (χ2v) is 4.54. The van der Waals surface area contributed by atoms with Crippen molar-refractivity contribution in [3.8, 4) is 5.75 Å². The predicted molar refractivity (Wildman–Crippen MR) is 65.3 cm³/mol. The van der Waals surface area contributed by atoms with Gasteiger partial charge in [0.2, 0.25) is 0 Å². The first-order valence-corrected chi connectivity index (χ1v) is 6.06. The molecule has 0 radical (unpaired) electrons. The molecule has 2 heterocycles. The number of carbonyl (C=O) groups excluding carboxylic acids is 1. The van der Waals surface area contributed by atoms with Crippen LogP contribution in [0.25, 0.3) is 5.52 Å². The molecule has 3 nitrogen and oxygen atoms in total. The van der Waals surface area contributed by atoms with Gasteiger partial charge < -0.3 is 9.14 Å². The molecule has 0 unspecified atom stereocenters. The molecule has 0 spiro atoms. The minimum absolute atomic E-state index is 0.266. The Morgan fingerprint density at radius 2 is 2.18 bits per heavy atom. The highest BCUT2D eigenvalue weighted by Crippen LogP contribution is 2.30. The topological polar surface area (TPSA) is 30.7 Å². The van der Waals surface area contributed by atoms with E-state index >= 15 is 0 Å². The minimum atomic E-state index is -0.266. The van der Waals surface area contributed by atoms with Crippen molar-refractivity contribution in [3.63, 3.8) is 0 Å². The lowest BCUT2D eigenvalue weighted by molar-refractivity contribution is -0.131. The number of hydrogen-bond donors (Lipinski definition) is 0. The number of rotatable bonds is 1. The van der Waals surface area contributed by atoms with Crippen LogP contribution in [0.5, 0.6) is 5.75 Å². The van der Waals surface area contributed by atoms with Crippen LogP contribution >= 0.6 is 0 Å². The van der Waals surface area contributed by atoms with Gasteiger partial charge in [0, 0.05) is 18.8 Å². The van der Waals surface area contributed by atoms with Crippen molar-refractivity contribution in [2.45, 2.75) is 32.6 Å². The van der Waals surface area contributed by atoms with Gasteiger partial charge in [-0.3, -0.25) is 4.79 Å². The van der Waals surface area contributed by atoms with Gasteiger partial charge in [-0.2, -0.15) is 0 Å². The van der Waals surface area contributed by atoms with Crippen molar-refractivity contribution in [1.29, 1.82) is 0 Å². The highest BCUT2D eigenvalue weighted by molar-refractivity contribution is 5.74. The highest BCUT2D eigenvalue weighted by atomic mass is 16.5. The number of nitrogens with zero attached hydrogens (tertiary/aromatic N) is 1. The van der Waals surface area contributed by atoms with Crippen LogP contribution in [-0.4, -0.2) is 10.4 Å². The third kappa shape index (κ3) is 1.71. The van der Waals surface area contributed by atoms with Gasteiger partial charge in [-0.05, 0) is 49.4 Å². The Morgan fingerprint density at radius 1 is 1.35 bits per heavy atom. The first kappa shape index (κ1) is 10.4. The lowest BCUT2D eigenvalue weighted by atomic mass is 9.98. The zero-order valence-corrected chi connectivity index (χ0v) is 9.90. The molecule has 0 saturated carbocycles. The lowest BCUT2D eigenvalue weighted by Gasteiger charge is -2.12. The molecule has 0 atom stereocenters. The standard InChI is InChI=1S/C14H15NO2/c1-10(16)17-14-7-4-8-15-12-6-3-2-5-11(12)9-13(14)15/h4,7-9H,2-3,5-6H2,1H3. The molecule has 0 fully saturated rings.